The van der Waals surface area contributed by atoms with Crippen molar-refractivity contribution in [1.29, 1.82) is 0 Å². The SMILES string of the molecule is O=C(Nc1ccc(Br)cc1)c1ccc(Cl)c(S(=O)(=O)NCC2CCCO2)c1. The minimum atomic E-state index is -3.86. The molecule has 9 heteroatoms. The molecule has 3 rings (SSSR count). The van der Waals surface area contributed by atoms with E-state index >= 15 is 0 Å². The molecule has 2 N–H and O–H groups in total. The molecule has 2 aromatic carbocycles. The number of anilines is 1. The van der Waals surface area contributed by atoms with Gasteiger partial charge in [0.25, 0.3) is 5.91 Å². The second-order valence-corrected chi connectivity index (χ2v) is 9.15. The van der Waals surface area contributed by atoms with Crippen molar-refractivity contribution in [3.63, 3.8) is 0 Å². The van der Waals surface area contributed by atoms with E-state index in [1.54, 1.807) is 24.3 Å². The summed E-state index contributed by atoms with van der Waals surface area (Å²) in [5, 5.41) is 2.77. The van der Waals surface area contributed by atoms with E-state index in [0.717, 1.165) is 17.3 Å². The van der Waals surface area contributed by atoms with E-state index in [1.807, 2.05) is 0 Å². The molecule has 0 bridgehead atoms. The molecule has 1 amide bonds. The Morgan fingerprint density at radius 2 is 1.96 bits per heavy atom. The highest BCUT2D eigenvalue weighted by molar-refractivity contribution is 9.10. The highest BCUT2D eigenvalue weighted by Gasteiger charge is 2.23. The zero-order valence-electron chi connectivity index (χ0n) is 14.2. The average Bonchev–Trinajstić information content (AvgIpc) is 3.16. The van der Waals surface area contributed by atoms with Crippen molar-refractivity contribution in [2.75, 3.05) is 18.5 Å². The number of amides is 1. The van der Waals surface area contributed by atoms with Crippen LogP contribution < -0.4 is 10.0 Å². The third-order valence-electron chi connectivity index (χ3n) is 4.11. The van der Waals surface area contributed by atoms with Gasteiger partial charge in [-0.1, -0.05) is 27.5 Å². The first-order chi connectivity index (χ1) is 12.8. The second-order valence-electron chi connectivity index (χ2n) is 6.09. The zero-order chi connectivity index (χ0) is 19.4. The lowest BCUT2D eigenvalue weighted by atomic mass is 10.2. The lowest BCUT2D eigenvalue weighted by Gasteiger charge is -2.13. The molecule has 1 fully saturated rings. The maximum Gasteiger partial charge on any atom is 0.255 e. The molecule has 144 valence electrons. The standard InChI is InChI=1S/C18H18BrClN2O4S/c19-13-4-6-14(7-5-13)22-18(23)12-3-8-16(20)17(10-12)27(24,25)21-11-15-2-1-9-26-15/h3-8,10,15,21H,1-2,9,11H2,(H,22,23). The molecule has 1 unspecified atom stereocenters. The summed E-state index contributed by atoms with van der Waals surface area (Å²) in [4.78, 5) is 12.3. The predicted molar refractivity (Wildman–Crippen MR) is 108 cm³/mol. The summed E-state index contributed by atoms with van der Waals surface area (Å²) < 4.78 is 34.0. The number of sulfonamides is 1. The van der Waals surface area contributed by atoms with Gasteiger partial charge in [-0.15, -0.1) is 0 Å². The molecule has 1 saturated heterocycles. The van der Waals surface area contributed by atoms with Crippen molar-refractivity contribution in [2.45, 2.75) is 23.8 Å². The van der Waals surface area contributed by atoms with Gasteiger partial charge < -0.3 is 10.1 Å². The van der Waals surface area contributed by atoms with E-state index in [4.69, 9.17) is 16.3 Å². The second kappa shape index (κ2) is 8.70. The van der Waals surface area contributed by atoms with Gasteiger partial charge in [0.2, 0.25) is 10.0 Å². The van der Waals surface area contributed by atoms with Crippen LogP contribution in [-0.2, 0) is 14.8 Å². The molecular formula is C18H18BrClN2O4S. The van der Waals surface area contributed by atoms with Crippen LogP contribution >= 0.6 is 27.5 Å². The Balaban J connectivity index is 1.76. The fraction of sp³-hybridized carbons (Fsp3) is 0.278. The van der Waals surface area contributed by atoms with Crippen LogP contribution in [0.2, 0.25) is 5.02 Å². The van der Waals surface area contributed by atoms with Crippen LogP contribution in [0.5, 0.6) is 0 Å². The summed E-state index contributed by atoms with van der Waals surface area (Å²) in [5.74, 6) is -0.426. The monoisotopic (exact) mass is 472 g/mol. The van der Waals surface area contributed by atoms with Crippen molar-refractivity contribution >= 4 is 49.1 Å². The first-order valence-corrected chi connectivity index (χ1v) is 11.0. The molecule has 2 aromatic rings. The molecule has 1 aliphatic heterocycles. The lowest BCUT2D eigenvalue weighted by molar-refractivity contribution is 0.102. The zero-order valence-corrected chi connectivity index (χ0v) is 17.4. The van der Waals surface area contributed by atoms with Gasteiger partial charge in [-0.2, -0.15) is 0 Å². The molecule has 0 spiro atoms. The summed E-state index contributed by atoms with van der Waals surface area (Å²) in [6.45, 7) is 0.812. The van der Waals surface area contributed by atoms with Gasteiger partial charge in [-0.25, -0.2) is 13.1 Å². The first-order valence-electron chi connectivity index (χ1n) is 8.33. The number of benzene rings is 2. The van der Waals surface area contributed by atoms with Crippen LogP contribution in [0.25, 0.3) is 0 Å². The average molecular weight is 474 g/mol. The predicted octanol–water partition coefficient (Wildman–Crippen LogP) is 3.81. The Kier molecular flexibility index (Phi) is 6.54. The van der Waals surface area contributed by atoms with Gasteiger partial charge in [-0.3, -0.25) is 4.79 Å². The van der Waals surface area contributed by atoms with Crippen molar-refractivity contribution in [2.24, 2.45) is 0 Å². The summed E-state index contributed by atoms with van der Waals surface area (Å²) >= 11 is 9.40. The van der Waals surface area contributed by atoms with Crippen LogP contribution in [-0.4, -0.2) is 33.6 Å². The van der Waals surface area contributed by atoms with Crippen LogP contribution in [0.3, 0.4) is 0 Å². The largest absolute Gasteiger partial charge is 0.377 e. The molecule has 1 aliphatic rings. The molecule has 1 atom stereocenters. The summed E-state index contributed by atoms with van der Waals surface area (Å²) in [5.41, 5.74) is 0.791. The van der Waals surface area contributed by atoms with E-state index < -0.39 is 15.9 Å². The number of hydrogen-bond acceptors (Lipinski definition) is 4. The molecule has 27 heavy (non-hydrogen) atoms. The number of carbonyl (C=O) groups excluding carboxylic acids is 1. The fourth-order valence-corrected chi connectivity index (χ4v) is 4.53. The third kappa shape index (κ3) is 5.30. The van der Waals surface area contributed by atoms with Gasteiger partial charge in [0.1, 0.15) is 4.90 Å². The Hall–Kier alpha value is -1.45. The highest BCUT2D eigenvalue weighted by Crippen LogP contribution is 2.24. The van der Waals surface area contributed by atoms with E-state index in [0.29, 0.717) is 12.3 Å². The van der Waals surface area contributed by atoms with Crippen LogP contribution in [0.1, 0.15) is 23.2 Å². The van der Waals surface area contributed by atoms with Gasteiger partial charge in [0.05, 0.1) is 11.1 Å². The minimum absolute atomic E-state index is 0.0510. The molecular weight excluding hydrogens is 456 g/mol. The lowest BCUT2D eigenvalue weighted by Crippen LogP contribution is -2.32. The Bertz CT molecular complexity index is 929. The summed E-state index contributed by atoms with van der Waals surface area (Å²) in [7, 11) is -3.86. The number of hydrogen-bond donors (Lipinski definition) is 2. The molecule has 0 aliphatic carbocycles. The Morgan fingerprint density at radius 1 is 1.22 bits per heavy atom. The van der Waals surface area contributed by atoms with Crippen molar-refractivity contribution in [3.05, 3.63) is 57.5 Å². The molecule has 0 saturated carbocycles. The number of ether oxygens (including phenoxy) is 1. The molecule has 0 aromatic heterocycles. The fourth-order valence-electron chi connectivity index (χ4n) is 2.67. The molecule has 6 nitrogen and oxygen atoms in total. The van der Waals surface area contributed by atoms with Gasteiger partial charge in [0, 0.05) is 28.9 Å². The number of carbonyl (C=O) groups is 1. The van der Waals surface area contributed by atoms with E-state index in [1.165, 1.54) is 18.2 Å². The normalized spacial score (nSPS) is 17.0. The third-order valence-corrected chi connectivity index (χ3v) is 6.54. The Labute approximate surface area is 171 Å². The summed E-state index contributed by atoms with van der Waals surface area (Å²) in [6.07, 6.45) is 1.59. The van der Waals surface area contributed by atoms with Gasteiger partial charge in [-0.05, 0) is 55.3 Å². The first kappa shape index (κ1) is 20.3. The van der Waals surface area contributed by atoms with Crippen LogP contribution in [0.4, 0.5) is 5.69 Å². The highest BCUT2D eigenvalue weighted by atomic mass is 79.9. The Morgan fingerprint density at radius 3 is 2.63 bits per heavy atom. The quantitative estimate of drug-likeness (QED) is 0.668. The topological polar surface area (TPSA) is 84.5 Å². The molecule has 0 radical (unpaired) electrons. The van der Waals surface area contributed by atoms with E-state index in [9.17, 15) is 13.2 Å². The maximum atomic E-state index is 12.6. The van der Waals surface area contributed by atoms with Gasteiger partial charge >= 0.3 is 0 Å². The number of rotatable bonds is 6. The minimum Gasteiger partial charge on any atom is -0.377 e. The van der Waals surface area contributed by atoms with E-state index in [2.05, 4.69) is 26.0 Å². The number of nitrogens with one attached hydrogen (secondary N) is 2. The molecule has 1 heterocycles. The van der Waals surface area contributed by atoms with E-state index in [-0.39, 0.29) is 28.1 Å². The van der Waals surface area contributed by atoms with Crippen molar-refractivity contribution in [3.8, 4) is 0 Å². The van der Waals surface area contributed by atoms with Crippen molar-refractivity contribution < 1.29 is 17.9 Å². The number of halogens is 2. The maximum absolute atomic E-state index is 12.6. The van der Waals surface area contributed by atoms with Gasteiger partial charge in [0.15, 0.2) is 0 Å². The summed E-state index contributed by atoms with van der Waals surface area (Å²) in [6, 6.07) is 11.2. The van der Waals surface area contributed by atoms with Crippen molar-refractivity contribution in [1.82, 2.24) is 4.72 Å². The van der Waals surface area contributed by atoms with Crippen LogP contribution in [0.15, 0.2) is 51.8 Å². The van der Waals surface area contributed by atoms with Crippen LogP contribution in [0, 0.1) is 0 Å². The smallest absolute Gasteiger partial charge is 0.255 e.